The van der Waals surface area contributed by atoms with Crippen molar-refractivity contribution in [2.45, 2.75) is 13.8 Å². The molecule has 94 valence electrons. The molecule has 1 aromatic carbocycles. The first kappa shape index (κ1) is 12.9. The van der Waals surface area contributed by atoms with E-state index >= 15 is 0 Å². The lowest BCUT2D eigenvalue weighted by Gasteiger charge is -2.22. The summed E-state index contributed by atoms with van der Waals surface area (Å²) in [7, 11) is 2.00. The molecule has 0 atom stereocenters. The van der Waals surface area contributed by atoms with Gasteiger partial charge in [-0.25, -0.2) is 4.98 Å². The molecule has 3 nitrogen and oxygen atoms in total. The van der Waals surface area contributed by atoms with Gasteiger partial charge in [-0.1, -0.05) is 17.7 Å². The fraction of sp³-hybridized carbons (Fsp3) is 0.214. The molecule has 0 fully saturated rings. The van der Waals surface area contributed by atoms with Crippen LogP contribution >= 0.6 is 15.9 Å². The third-order valence-corrected chi connectivity index (χ3v) is 3.46. The first-order valence-electron chi connectivity index (χ1n) is 5.71. The molecule has 0 aliphatic rings. The second-order valence-corrected chi connectivity index (χ2v) is 5.28. The number of hydrogen-bond acceptors (Lipinski definition) is 3. The van der Waals surface area contributed by atoms with Crippen LogP contribution in [0.2, 0.25) is 0 Å². The number of hydrogen-bond donors (Lipinski definition) is 1. The topological polar surface area (TPSA) is 42.2 Å². The zero-order chi connectivity index (χ0) is 13.3. The minimum Gasteiger partial charge on any atom is -0.397 e. The Balaban J connectivity index is 2.44. The Morgan fingerprint density at radius 2 is 1.94 bits per heavy atom. The van der Waals surface area contributed by atoms with Gasteiger partial charge < -0.3 is 10.6 Å². The Morgan fingerprint density at radius 3 is 2.56 bits per heavy atom. The van der Waals surface area contributed by atoms with Crippen LogP contribution in [-0.2, 0) is 0 Å². The van der Waals surface area contributed by atoms with Gasteiger partial charge in [0.05, 0.1) is 16.4 Å². The summed E-state index contributed by atoms with van der Waals surface area (Å²) in [6.45, 7) is 4.19. The van der Waals surface area contributed by atoms with Gasteiger partial charge in [-0.3, -0.25) is 0 Å². The summed E-state index contributed by atoms with van der Waals surface area (Å²) in [5.74, 6) is 0.858. The molecule has 0 aliphatic heterocycles. The summed E-state index contributed by atoms with van der Waals surface area (Å²) in [6.07, 6.45) is 1.67. The highest BCUT2D eigenvalue weighted by Gasteiger charge is 2.11. The normalized spacial score (nSPS) is 10.4. The van der Waals surface area contributed by atoms with Crippen molar-refractivity contribution >= 4 is 33.1 Å². The molecular weight excluding hydrogens is 290 g/mol. The van der Waals surface area contributed by atoms with Crippen LogP contribution in [0.1, 0.15) is 11.1 Å². The van der Waals surface area contributed by atoms with E-state index < -0.39 is 0 Å². The Hall–Kier alpha value is -1.55. The summed E-state index contributed by atoms with van der Waals surface area (Å²) >= 11 is 3.50. The molecular formula is C14H16BrN3. The molecule has 0 spiro atoms. The number of nitrogens with zero attached hydrogens (tertiary/aromatic N) is 2. The standard InChI is InChI=1S/C14H16BrN3/c1-9-4-5-13(10(2)6-9)18(3)14-12(15)7-11(16)8-17-14/h4-8H,16H2,1-3H3. The predicted molar refractivity (Wildman–Crippen MR) is 80.3 cm³/mol. The number of pyridine rings is 1. The van der Waals surface area contributed by atoms with Crippen LogP contribution in [-0.4, -0.2) is 12.0 Å². The summed E-state index contributed by atoms with van der Waals surface area (Å²) in [5.41, 5.74) is 9.98. The van der Waals surface area contributed by atoms with Gasteiger partial charge in [0.15, 0.2) is 0 Å². The second kappa shape index (κ2) is 4.98. The third kappa shape index (κ3) is 2.48. The molecule has 2 N–H and O–H groups in total. The van der Waals surface area contributed by atoms with E-state index in [1.165, 1.54) is 11.1 Å². The Bertz CT molecular complexity index is 530. The van der Waals surface area contributed by atoms with Gasteiger partial charge in [-0.05, 0) is 47.5 Å². The summed E-state index contributed by atoms with van der Waals surface area (Å²) < 4.78 is 0.893. The van der Waals surface area contributed by atoms with Gasteiger partial charge in [0, 0.05) is 12.7 Å². The molecule has 1 heterocycles. The van der Waals surface area contributed by atoms with Crippen molar-refractivity contribution in [1.29, 1.82) is 0 Å². The maximum atomic E-state index is 5.71. The van der Waals surface area contributed by atoms with Crippen LogP contribution in [0.25, 0.3) is 0 Å². The maximum absolute atomic E-state index is 5.71. The largest absolute Gasteiger partial charge is 0.397 e. The number of aromatic nitrogens is 1. The van der Waals surface area contributed by atoms with Gasteiger partial charge in [0.25, 0.3) is 0 Å². The Morgan fingerprint density at radius 1 is 1.22 bits per heavy atom. The van der Waals surface area contributed by atoms with Crippen LogP contribution in [0.5, 0.6) is 0 Å². The fourth-order valence-electron chi connectivity index (χ4n) is 1.99. The molecule has 0 aliphatic carbocycles. The van der Waals surface area contributed by atoms with E-state index in [2.05, 4.69) is 57.9 Å². The Kier molecular flexibility index (Phi) is 3.57. The number of aryl methyl sites for hydroxylation is 2. The lowest BCUT2D eigenvalue weighted by atomic mass is 10.1. The molecule has 0 bridgehead atoms. The highest BCUT2D eigenvalue weighted by molar-refractivity contribution is 9.10. The second-order valence-electron chi connectivity index (χ2n) is 4.42. The number of rotatable bonds is 2. The number of nitrogens with two attached hydrogens (primary N) is 1. The first-order chi connectivity index (χ1) is 8.49. The van der Waals surface area contributed by atoms with Crippen molar-refractivity contribution in [2.24, 2.45) is 0 Å². The van der Waals surface area contributed by atoms with Gasteiger partial charge >= 0.3 is 0 Å². The summed E-state index contributed by atoms with van der Waals surface area (Å²) in [5, 5.41) is 0. The average Bonchev–Trinajstić information content (AvgIpc) is 2.28. The number of anilines is 3. The van der Waals surface area contributed by atoms with Crippen LogP contribution in [0.3, 0.4) is 0 Å². The molecule has 2 aromatic rings. The monoisotopic (exact) mass is 305 g/mol. The van der Waals surface area contributed by atoms with Gasteiger partial charge in [-0.2, -0.15) is 0 Å². The summed E-state index contributed by atoms with van der Waals surface area (Å²) in [4.78, 5) is 6.43. The maximum Gasteiger partial charge on any atom is 0.147 e. The van der Waals surface area contributed by atoms with E-state index in [4.69, 9.17) is 5.73 Å². The Labute approximate surface area is 116 Å². The molecule has 0 radical (unpaired) electrons. The zero-order valence-electron chi connectivity index (χ0n) is 10.7. The third-order valence-electron chi connectivity index (χ3n) is 2.87. The van der Waals surface area contributed by atoms with Crippen LogP contribution < -0.4 is 10.6 Å². The molecule has 0 amide bonds. The number of nitrogen functional groups attached to an aromatic ring is 1. The van der Waals surface area contributed by atoms with E-state index in [9.17, 15) is 0 Å². The van der Waals surface area contributed by atoms with E-state index in [1.54, 1.807) is 6.20 Å². The van der Waals surface area contributed by atoms with E-state index in [-0.39, 0.29) is 0 Å². The van der Waals surface area contributed by atoms with E-state index in [0.717, 1.165) is 16.0 Å². The van der Waals surface area contributed by atoms with Gasteiger partial charge in [0.2, 0.25) is 0 Å². The molecule has 0 saturated carbocycles. The van der Waals surface area contributed by atoms with Gasteiger partial charge in [-0.15, -0.1) is 0 Å². The van der Waals surface area contributed by atoms with Crippen molar-refractivity contribution in [3.05, 3.63) is 46.1 Å². The molecule has 2 rings (SSSR count). The van der Waals surface area contributed by atoms with Crippen LogP contribution in [0.15, 0.2) is 34.9 Å². The predicted octanol–water partition coefficient (Wildman–Crippen LogP) is 3.81. The lowest BCUT2D eigenvalue weighted by Crippen LogP contribution is -2.13. The average molecular weight is 306 g/mol. The molecule has 1 aromatic heterocycles. The van der Waals surface area contributed by atoms with Crippen molar-refractivity contribution in [2.75, 3.05) is 17.7 Å². The smallest absolute Gasteiger partial charge is 0.147 e. The molecule has 4 heteroatoms. The quantitative estimate of drug-likeness (QED) is 0.917. The fourth-order valence-corrected chi connectivity index (χ4v) is 2.62. The van der Waals surface area contributed by atoms with E-state index in [1.807, 2.05) is 13.1 Å². The summed E-state index contributed by atoms with van der Waals surface area (Å²) in [6, 6.07) is 8.23. The van der Waals surface area contributed by atoms with Crippen LogP contribution in [0.4, 0.5) is 17.2 Å². The lowest BCUT2D eigenvalue weighted by molar-refractivity contribution is 1.10. The highest BCUT2D eigenvalue weighted by Crippen LogP contribution is 2.31. The molecule has 0 saturated heterocycles. The molecule has 0 unspecified atom stereocenters. The minimum atomic E-state index is 0.652. The van der Waals surface area contributed by atoms with E-state index in [0.29, 0.717) is 5.69 Å². The van der Waals surface area contributed by atoms with Gasteiger partial charge in [0.1, 0.15) is 5.82 Å². The van der Waals surface area contributed by atoms with Crippen molar-refractivity contribution in [3.8, 4) is 0 Å². The first-order valence-corrected chi connectivity index (χ1v) is 6.50. The van der Waals surface area contributed by atoms with Crippen molar-refractivity contribution < 1.29 is 0 Å². The number of halogens is 1. The molecule has 18 heavy (non-hydrogen) atoms. The minimum absolute atomic E-state index is 0.652. The highest BCUT2D eigenvalue weighted by atomic mass is 79.9. The van der Waals surface area contributed by atoms with Crippen molar-refractivity contribution in [3.63, 3.8) is 0 Å². The van der Waals surface area contributed by atoms with Crippen LogP contribution in [0, 0.1) is 13.8 Å². The number of benzene rings is 1. The van der Waals surface area contributed by atoms with Crippen molar-refractivity contribution in [1.82, 2.24) is 4.98 Å². The SMILES string of the molecule is Cc1ccc(N(C)c2ncc(N)cc2Br)c(C)c1. The zero-order valence-corrected chi connectivity index (χ0v) is 12.3.